The number of para-hydroxylation sites is 1. The lowest BCUT2D eigenvalue weighted by Gasteiger charge is -2.22. The summed E-state index contributed by atoms with van der Waals surface area (Å²) in [6, 6.07) is 15.9. The highest BCUT2D eigenvalue weighted by atomic mass is 32.2. The van der Waals surface area contributed by atoms with Crippen molar-refractivity contribution in [3.63, 3.8) is 0 Å². The number of pyridine rings is 1. The van der Waals surface area contributed by atoms with Crippen molar-refractivity contribution in [1.82, 2.24) is 10.0 Å². The summed E-state index contributed by atoms with van der Waals surface area (Å²) in [6.07, 6.45) is 3.79. The molecule has 1 unspecified atom stereocenters. The number of rotatable bonds is 8. The topological polar surface area (TPSA) is 79.7 Å². The highest BCUT2D eigenvalue weighted by molar-refractivity contribution is 7.99. The number of aryl methyl sites for hydroxylation is 1. The normalized spacial score (nSPS) is 15.5. The van der Waals surface area contributed by atoms with Gasteiger partial charge in [-0.05, 0) is 67.7 Å². The Hall–Kier alpha value is -2.39. The zero-order valence-electron chi connectivity index (χ0n) is 19.5. The minimum Gasteiger partial charge on any atom is -0.489 e. The van der Waals surface area contributed by atoms with Crippen molar-refractivity contribution in [2.24, 2.45) is 0 Å². The number of hydroxylamine groups is 2. The molecule has 0 aliphatic carbocycles. The number of sulfone groups is 1. The van der Waals surface area contributed by atoms with Gasteiger partial charge >= 0.3 is 0 Å². The second-order valence-corrected chi connectivity index (χ2v) is 11.8. The molecule has 1 fully saturated rings. The molecule has 180 valence electrons. The van der Waals surface area contributed by atoms with Gasteiger partial charge in [0, 0.05) is 23.7 Å². The number of likely N-dealkylation sites (N-methyl/N-ethyl adjacent to an activating group) is 1. The minimum absolute atomic E-state index is 0.181. The summed E-state index contributed by atoms with van der Waals surface area (Å²) in [6.45, 7) is 2.31. The third-order valence-electron chi connectivity index (χ3n) is 5.94. The van der Waals surface area contributed by atoms with Crippen LogP contribution in [0.15, 0.2) is 71.1 Å². The van der Waals surface area contributed by atoms with Gasteiger partial charge < -0.3 is 9.94 Å². The van der Waals surface area contributed by atoms with Crippen LogP contribution >= 0.6 is 11.8 Å². The molecule has 3 aromatic rings. The molecule has 2 aromatic carbocycles. The summed E-state index contributed by atoms with van der Waals surface area (Å²) in [7, 11) is -2.09. The predicted octanol–water partition coefficient (Wildman–Crippen LogP) is 5.04. The van der Waals surface area contributed by atoms with E-state index >= 15 is 0 Å². The predicted molar refractivity (Wildman–Crippen MR) is 137 cm³/mol. The van der Waals surface area contributed by atoms with Gasteiger partial charge in [0.2, 0.25) is 0 Å². The summed E-state index contributed by atoms with van der Waals surface area (Å²) < 4.78 is 32.0. The smallest absolute Gasteiger partial charge is 0.180 e. The lowest BCUT2D eigenvalue weighted by Crippen LogP contribution is -2.34. The second kappa shape index (κ2) is 10.9. The summed E-state index contributed by atoms with van der Waals surface area (Å²) >= 11 is 1.90. The van der Waals surface area contributed by atoms with Crippen molar-refractivity contribution >= 4 is 32.5 Å². The quantitative estimate of drug-likeness (QED) is 0.344. The number of benzene rings is 2. The summed E-state index contributed by atoms with van der Waals surface area (Å²) in [4.78, 5) is 4.77. The molecule has 34 heavy (non-hydrogen) atoms. The Balaban J connectivity index is 1.45. The van der Waals surface area contributed by atoms with E-state index in [0.717, 1.165) is 51.6 Å². The Labute approximate surface area is 205 Å². The fourth-order valence-electron chi connectivity index (χ4n) is 4.08. The van der Waals surface area contributed by atoms with Gasteiger partial charge in [0.15, 0.2) is 9.84 Å². The van der Waals surface area contributed by atoms with E-state index in [1.165, 1.54) is 12.6 Å². The van der Waals surface area contributed by atoms with Crippen LogP contribution in [0, 0.1) is 6.92 Å². The van der Waals surface area contributed by atoms with Crippen LogP contribution in [0.4, 0.5) is 0 Å². The van der Waals surface area contributed by atoms with Crippen LogP contribution < -0.4 is 4.74 Å². The largest absolute Gasteiger partial charge is 0.489 e. The van der Waals surface area contributed by atoms with Crippen molar-refractivity contribution in [3.05, 3.63) is 77.5 Å². The van der Waals surface area contributed by atoms with E-state index < -0.39 is 15.9 Å². The SMILES string of the molecule is Cc1cc(COc2ccc(S(=O)(=O)CC(C=C3CCSCC3)N(C)O)cc2)c2ccccc2n1. The maximum atomic E-state index is 13.0. The van der Waals surface area contributed by atoms with Crippen LogP contribution in [-0.2, 0) is 16.4 Å². The van der Waals surface area contributed by atoms with E-state index in [4.69, 9.17) is 4.74 Å². The Bertz CT molecular complexity index is 1260. The van der Waals surface area contributed by atoms with Crippen LogP contribution in [0.2, 0.25) is 0 Å². The number of thioether (sulfide) groups is 1. The van der Waals surface area contributed by atoms with Crippen LogP contribution in [0.25, 0.3) is 10.9 Å². The molecule has 0 radical (unpaired) electrons. The van der Waals surface area contributed by atoms with E-state index in [0.29, 0.717) is 12.4 Å². The van der Waals surface area contributed by atoms with E-state index in [1.807, 2.05) is 55.1 Å². The molecule has 0 amide bonds. The highest BCUT2D eigenvalue weighted by Crippen LogP contribution is 2.25. The first kappa shape index (κ1) is 24.7. The van der Waals surface area contributed by atoms with Gasteiger partial charge in [0.1, 0.15) is 12.4 Å². The number of fused-ring (bicyclic) bond motifs is 1. The third-order valence-corrected chi connectivity index (χ3v) is 8.70. The van der Waals surface area contributed by atoms with Gasteiger partial charge in [0.25, 0.3) is 0 Å². The molecule has 0 spiro atoms. The number of hydrogen-bond donors (Lipinski definition) is 1. The van der Waals surface area contributed by atoms with Gasteiger partial charge in [-0.1, -0.05) is 29.8 Å². The van der Waals surface area contributed by atoms with Crippen LogP contribution in [0.5, 0.6) is 5.75 Å². The van der Waals surface area contributed by atoms with Gasteiger partial charge in [-0.3, -0.25) is 4.98 Å². The molecule has 1 saturated heterocycles. The first-order valence-corrected chi connectivity index (χ1v) is 14.1. The number of allylic oxidation sites excluding steroid dienone is 1. The first-order chi connectivity index (χ1) is 16.3. The zero-order chi connectivity index (χ0) is 24.1. The van der Waals surface area contributed by atoms with Crippen molar-refractivity contribution in [2.45, 2.75) is 37.3 Å². The van der Waals surface area contributed by atoms with Crippen molar-refractivity contribution in [1.29, 1.82) is 0 Å². The monoisotopic (exact) mass is 498 g/mol. The molecular formula is C26H30N2O4S2. The maximum absolute atomic E-state index is 13.0. The van der Waals surface area contributed by atoms with Crippen molar-refractivity contribution < 1.29 is 18.4 Å². The Morgan fingerprint density at radius 1 is 1.15 bits per heavy atom. The molecule has 0 saturated carbocycles. The standard InChI is InChI=1S/C26H30N2O4S2/c1-19-15-21(25-5-3-4-6-26(25)27-19)17-32-23-7-9-24(10-8-23)34(30,31)18-22(28(2)29)16-20-11-13-33-14-12-20/h3-10,15-16,22,29H,11-14,17-18H2,1-2H3. The van der Waals surface area contributed by atoms with Gasteiger partial charge in [0.05, 0.1) is 22.2 Å². The molecule has 1 aliphatic rings. The third kappa shape index (κ3) is 6.18. The van der Waals surface area contributed by atoms with Gasteiger partial charge in [-0.2, -0.15) is 16.8 Å². The van der Waals surface area contributed by atoms with E-state index in [2.05, 4.69) is 4.98 Å². The second-order valence-electron chi connectivity index (χ2n) is 8.56. The van der Waals surface area contributed by atoms with E-state index in [1.54, 1.807) is 24.3 Å². The molecule has 6 nitrogen and oxygen atoms in total. The number of nitrogens with zero attached hydrogens (tertiary/aromatic N) is 2. The Morgan fingerprint density at radius 3 is 2.56 bits per heavy atom. The summed E-state index contributed by atoms with van der Waals surface area (Å²) in [5.74, 6) is 2.49. The minimum atomic E-state index is -3.59. The average Bonchev–Trinajstić information content (AvgIpc) is 2.83. The molecule has 1 N–H and O–H groups in total. The number of ether oxygens (including phenoxy) is 1. The van der Waals surface area contributed by atoms with Gasteiger partial charge in [-0.25, -0.2) is 8.42 Å². The summed E-state index contributed by atoms with van der Waals surface area (Å²) in [5, 5.41) is 12.1. The zero-order valence-corrected chi connectivity index (χ0v) is 21.1. The first-order valence-electron chi connectivity index (χ1n) is 11.3. The molecule has 1 aromatic heterocycles. The number of aromatic nitrogens is 1. The average molecular weight is 499 g/mol. The van der Waals surface area contributed by atoms with Crippen LogP contribution in [-0.4, -0.2) is 54.0 Å². The fraction of sp³-hybridized carbons (Fsp3) is 0.346. The fourth-order valence-corrected chi connectivity index (χ4v) is 6.60. The molecule has 1 aliphatic heterocycles. The van der Waals surface area contributed by atoms with Crippen LogP contribution in [0.1, 0.15) is 24.1 Å². The number of hydrogen-bond acceptors (Lipinski definition) is 7. The lowest BCUT2D eigenvalue weighted by molar-refractivity contribution is -0.0821. The van der Waals surface area contributed by atoms with Crippen molar-refractivity contribution in [2.75, 3.05) is 24.3 Å². The maximum Gasteiger partial charge on any atom is 0.180 e. The van der Waals surface area contributed by atoms with Crippen LogP contribution in [0.3, 0.4) is 0 Å². The Kier molecular flexibility index (Phi) is 7.93. The summed E-state index contributed by atoms with van der Waals surface area (Å²) in [5.41, 5.74) is 4.09. The van der Waals surface area contributed by atoms with E-state index in [-0.39, 0.29) is 10.6 Å². The molecule has 8 heteroatoms. The Morgan fingerprint density at radius 2 is 1.85 bits per heavy atom. The molecule has 1 atom stereocenters. The highest BCUT2D eigenvalue weighted by Gasteiger charge is 2.23. The van der Waals surface area contributed by atoms with E-state index in [9.17, 15) is 13.6 Å². The molecule has 0 bridgehead atoms. The molecule has 4 rings (SSSR count). The molecular weight excluding hydrogens is 468 g/mol. The van der Waals surface area contributed by atoms with Crippen molar-refractivity contribution in [3.8, 4) is 5.75 Å². The van der Waals surface area contributed by atoms with Gasteiger partial charge in [-0.15, -0.1) is 0 Å². The molecule has 2 heterocycles. The lowest BCUT2D eigenvalue weighted by atomic mass is 10.1.